The smallest absolute Gasteiger partial charge is 0.166 e. The van der Waals surface area contributed by atoms with Crippen molar-refractivity contribution in [1.82, 2.24) is 4.98 Å². The highest BCUT2D eigenvalue weighted by Gasteiger charge is 2.44. The first kappa shape index (κ1) is 10.5. The molecular weight excluding hydrogens is 214 g/mol. The molecule has 3 aliphatic rings. The summed E-state index contributed by atoms with van der Waals surface area (Å²) < 4.78 is 0. The van der Waals surface area contributed by atoms with Gasteiger partial charge in [-0.2, -0.15) is 0 Å². The third kappa shape index (κ3) is 1.22. The molecule has 2 atom stereocenters. The highest BCUT2D eigenvalue weighted by atomic mass is 16.1. The van der Waals surface area contributed by atoms with E-state index in [0.29, 0.717) is 11.4 Å². The summed E-state index contributed by atoms with van der Waals surface area (Å²) in [7, 11) is 0. The SMILES string of the molecule is CC1(C)CC2C=CC1c1c(C=O)[nH]c(C=O)c12. The van der Waals surface area contributed by atoms with E-state index in [2.05, 4.69) is 31.0 Å². The Labute approximate surface area is 99.9 Å². The first-order valence-electron chi connectivity index (χ1n) is 5.93. The molecule has 3 nitrogen and oxygen atoms in total. The Morgan fingerprint density at radius 3 is 2.41 bits per heavy atom. The lowest BCUT2D eigenvalue weighted by atomic mass is 9.59. The van der Waals surface area contributed by atoms with Crippen LogP contribution < -0.4 is 0 Å². The van der Waals surface area contributed by atoms with Gasteiger partial charge in [0.25, 0.3) is 0 Å². The number of hydrogen-bond acceptors (Lipinski definition) is 2. The van der Waals surface area contributed by atoms with E-state index in [1.807, 2.05) is 0 Å². The van der Waals surface area contributed by atoms with Gasteiger partial charge >= 0.3 is 0 Å². The van der Waals surface area contributed by atoms with Crippen LogP contribution in [-0.2, 0) is 0 Å². The van der Waals surface area contributed by atoms with Crippen molar-refractivity contribution in [2.45, 2.75) is 32.1 Å². The molecule has 17 heavy (non-hydrogen) atoms. The Morgan fingerprint density at radius 1 is 1.18 bits per heavy atom. The largest absolute Gasteiger partial charge is 0.350 e. The molecule has 3 heteroatoms. The van der Waals surface area contributed by atoms with Gasteiger partial charge in [0.2, 0.25) is 0 Å². The molecule has 3 aliphatic carbocycles. The second-order valence-electron chi connectivity index (χ2n) is 5.68. The minimum Gasteiger partial charge on any atom is -0.350 e. The van der Waals surface area contributed by atoms with Crippen LogP contribution in [0.3, 0.4) is 0 Å². The fourth-order valence-electron chi connectivity index (χ4n) is 3.44. The van der Waals surface area contributed by atoms with E-state index in [4.69, 9.17) is 0 Å². The van der Waals surface area contributed by atoms with Gasteiger partial charge in [0, 0.05) is 11.8 Å². The number of carbonyl (C=O) groups is 2. The number of fused-ring (bicyclic) bond motifs is 1. The molecule has 4 rings (SSSR count). The van der Waals surface area contributed by atoms with Gasteiger partial charge in [-0.15, -0.1) is 0 Å². The standard InChI is InChI=1S/C14H15NO2/c1-14(2)5-8-3-4-9(14)13-11(7-17)15-10(6-16)12(8)13/h3-4,6-9,15H,5H2,1-2H3. The van der Waals surface area contributed by atoms with E-state index >= 15 is 0 Å². The minimum absolute atomic E-state index is 0.159. The number of aldehydes is 2. The van der Waals surface area contributed by atoms with Crippen LogP contribution in [0.1, 0.15) is 64.2 Å². The number of aromatic nitrogens is 1. The van der Waals surface area contributed by atoms with Crippen molar-refractivity contribution in [3.63, 3.8) is 0 Å². The van der Waals surface area contributed by atoms with Crippen molar-refractivity contribution in [2.24, 2.45) is 5.41 Å². The summed E-state index contributed by atoms with van der Waals surface area (Å²) in [6.07, 6.45) is 7.06. The average molecular weight is 229 g/mol. The summed E-state index contributed by atoms with van der Waals surface area (Å²) in [6, 6.07) is 0. The predicted molar refractivity (Wildman–Crippen MR) is 64.6 cm³/mol. The molecule has 0 aliphatic heterocycles. The molecule has 2 unspecified atom stereocenters. The van der Waals surface area contributed by atoms with Gasteiger partial charge < -0.3 is 4.98 Å². The summed E-state index contributed by atoms with van der Waals surface area (Å²) in [5, 5.41) is 0. The van der Waals surface area contributed by atoms with E-state index in [1.165, 1.54) is 0 Å². The molecule has 1 aromatic heterocycles. The average Bonchev–Trinajstić information content (AvgIpc) is 2.68. The molecule has 1 heterocycles. The first-order valence-corrected chi connectivity index (χ1v) is 5.93. The maximum Gasteiger partial charge on any atom is 0.166 e. The van der Waals surface area contributed by atoms with Crippen molar-refractivity contribution < 1.29 is 9.59 Å². The van der Waals surface area contributed by atoms with Crippen LogP contribution in [0, 0.1) is 5.41 Å². The third-order valence-electron chi connectivity index (χ3n) is 4.18. The van der Waals surface area contributed by atoms with E-state index in [9.17, 15) is 9.59 Å². The summed E-state index contributed by atoms with van der Waals surface area (Å²) in [5.74, 6) is 0.516. The predicted octanol–water partition coefficient (Wildman–Crippen LogP) is 2.81. The van der Waals surface area contributed by atoms with Crippen LogP contribution in [0.25, 0.3) is 0 Å². The molecule has 0 saturated heterocycles. The molecule has 88 valence electrons. The Morgan fingerprint density at radius 2 is 1.82 bits per heavy atom. The Kier molecular flexibility index (Phi) is 1.97. The van der Waals surface area contributed by atoms with Gasteiger partial charge in [0.05, 0.1) is 11.4 Å². The van der Waals surface area contributed by atoms with Gasteiger partial charge in [0.1, 0.15) is 0 Å². The lowest BCUT2D eigenvalue weighted by Gasteiger charge is -2.44. The molecule has 0 aromatic carbocycles. The lowest BCUT2D eigenvalue weighted by Crippen LogP contribution is -2.32. The van der Waals surface area contributed by atoms with Crippen LogP contribution in [0.2, 0.25) is 0 Å². The quantitative estimate of drug-likeness (QED) is 0.626. The van der Waals surface area contributed by atoms with E-state index in [-0.39, 0.29) is 17.3 Å². The molecule has 1 aromatic rings. The Hall–Kier alpha value is -1.64. The number of hydrogen-bond donors (Lipinski definition) is 1. The fraction of sp³-hybridized carbons (Fsp3) is 0.429. The van der Waals surface area contributed by atoms with Gasteiger partial charge in [0.15, 0.2) is 12.6 Å². The number of allylic oxidation sites excluding steroid dienone is 2. The van der Waals surface area contributed by atoms with Gasteiger partial charge in [-0.1, -0.05) is 26.0 Å². The van der Waals surface area contributed by atoms with E-state index in [0.717, 1.165) is 30.1 Å². The summed E-state index contributed by atoms with van der Waals surface area (Å²) in [6.45, 7) is 4.44. The van der Waals surface area contributed by atoms with Crippen molar-refractivity contribution in [3.8, 4) is 0 Å². The molecule has 0 fully saturated rings. The maximum absolute atomic E-state index is 11.1. The zero-order valence-corrected chi connectivity index (χ0v) is 9.99. The second-order valence-corrected chi connectivity index (χ2v) is 5.68. The summed E-state index contributed by atoms with van der Waals surface area (Å²) in [5.41, 5.74) is 3.41. The summed E-state index contributed by atoms with van der Waals surface area (Å²) >= 11 is 0. The maximum atomic E-state index is 11.1. The van der Waals surface area contributed by atoms with Gasteiger partial charge in [-0.3, -0.25) is 9.59 Å². The normalized spacial score (nSPS) is 27.9. The van der Waals surface area contributed by atoms with Gasteiger partial charge in [-0.25, -0.2) is 0 Å². The Bertz CT molecular complexity index is 537. The molecule has 0 spiro atoms. The Balaban J connectivity index is 2.29. The molecule has 0 amide bonds. The first-order chi connectivity index (χ1) is 8.08. The van der Waals surface area contributed by atoms with Crippen LogP contribution in [0.4, 0.5) is 0 Å². The zero-order valence-electron chi connectivity index (χ0n) is 9.99. The van der Waals surface area contributed by atoms with E-state index in [1.54, 1.807) is 0 Å². The third-order valence-corrected chi connectivity index (χ3v) is 4.18. The lowest BCUT2D eigenvalue weighted by molar-refractivity contribution is 0.111. The highest BCUT2D eigenvalue weighted by molar-refractivity contribution is 5.85. The molecule has 0 radical (unpaired) electrons. The van der Waals surface area contributed by atoms with E-state index < -0.39 is 0 Å². The van der Waals surface area contributed by atoms with Crippen molar-refractivity contribution in [3.05, 3.63) is 34.7 Å². The number of H-pyrrole nitrogens is 1. The topological polar surface area (TPSA) is 49.9 Å². The van der Waals surface area contributed by atoms with Crippen LogP contribution in [0.5, 0.6) is 0 Å². The van der Waals surface area contributed by atoms with Crippen LogP contribution in [-0.4, -0.2) is 17.6 Å². The molecule has 1 N–H and O–H groups in total. The van der Waals surface area contributed by atoms with Gasteiger partial charge in [-0.05, 0) is 23.0 Å². The molecule has 0 saturated carbocycles. The molecule has 2 bridgehead atoms. The van der Waals surface area contributed by atoms with Crippen molar-refractivity contribution in [1.29, 1.82) is 0 Å². The monoisotopic (exact) mass is 229 g/mol. The van der Waals surface area contributed by atoms with Crippen molar-refractivity contribution in [2.75, 3.05) is 0 Å². The van der Waals surface area contributed by atoms with Crippen molar-refractivity contribution >= 4 is 12.6 Å². The highest BCUT2D eigenvalue weighted by Crippen LogP contribution is 2.56. The van der Waals surface area contributed by atoms with Crippen LogP contribution in [0.15, 0.2) is 12.2 Å². The minimum atomic E-state index is 0.159. The fourth-order valence-corrected chi connectivity index (χ4v) is 3.44. The number of nitrogens with one attached hydrogen (secondary N) is 1. The number of aromatic amines is 1. The zero-order chi connectivity index (χ0) is 12.2. The molecular formula is C14H15NO2. The number of rotatable bonds is 2. The summed E-state index contributed by atoms with van der Waals surface area (Å²) in [4.78, 5) is 25.2. The van der Waals surface area contributed by atoms with Crippen LogP contribution >= 0.6 is 0 Å². The second kappa shape index (κ2) is 3.19. The number of carbonyl (C=O) groups excluding carboxylic acids is 2.